The summed E-state index contributed by atoms with van der Waals surface area (Å²) in [6, 6.07) is 12.3. The van der Waals surface area contributed by atoms with Crippen molar-refractivity contribution in [1.29, 1.82) is 0 Å². The monoisotopic (exact) mass is 554 g/mol. The molecule has 2 aromatic rings. The van der Waals surface area contributed by atoms with E-state index in [4.69, 9.17) is 0 Å². The number of aryl methyl sites for hydroxylation is 4. The zero-order valence-corrected chi connectivity index (χ0v) is 28.8. The largest absolute Gasteiger partial charge is 0.507 e. The Kier molecular flexibility index (Phi) is 25.8. The fourth-order valence-corrected chi connectivity index (χ4v) is 5.10. The van der Waals surface area contributed by atoms with Gasteiger partial charge in [0.05, 0.1) is 0 Å². The highest BCUT2D eigenvalue weighted by atomic mass is 27.0. The Labute approximate surface area is 251 Å². The molecule has 0 radical (unpaired) electrons. The predicted molar refractivity (Wildman–Crippen MR) is 177 cm³/mol. The van der Waals surface area contributed by atoms with Crippen LogP contribution in [0.2, 0.25) is 5.28 Å². The molecule has 2 nitrogen and oxygen atoms in total. The van der Waals surface area contributed by atoms with Gasteiger partial charge in [0.1, 0.15) is 11.5 Å². The van der Waals surface area contributed by atoms with E-state index in [9.17, 15) is 10.2 Å². The summed E-state index contributed by atoms with van der Waals surface area (Å²) in [7, 11) is 0. The van der Waals surface area contributed by atoms with Crippen LogP contribution >= 0.6 is 0 Å². The summed E-state index contributed by atoms with van der Waals surface area (Å²) in [5.74, 6) is 1.08. The van der Waals surface area contributed by atoms with E-state index in [1.54, 1.807) is 0 Å². The molecule has 0 atom stereocenters. The molecule has 39 heavy (non-hydrogen) atoms. The molecular weight excluding hydrogens is 491 g/mol. The van der Waals surface area contributed by atoms with Crippen molar-refractivity contribution < 1.29 is 10.2 Å². The molecule has 0 aliphatic heterocycles. The van der Waals surface area contributed by atoms with Crippen molar-refractivity contribution in [2.45, 2.75) is 155 Å². The normalized spacial score (nSPS) is 10.4. The van der Waals surface area contributed by atoms with E-state index in [2.05, 4.69) is 46.8 Å². The van der Waals surface area contributed by atoms with Gasteiger partial charge in [0.25, 0.3) is 0 Å². The fraction of sp³-hybridized carbons (Fsp3) is 0.667. The predicted octanol–water partition coefficient (Wildman–Crippen LogP) is 10.6. The third-order valence-electron chi connectivity index (χ3n) is 7.31. The number of unbranched alkanes of at least 4 members (excludes halogenated alkanes) is 9. The minimum absolute atomic E-state index is 0.541. The number of hydrogen-bond donors (Lipinski definition) is 2. The lowest BCUT2D eigenvalue weighted by molar-refractivity contribution is 0.458. The average molecular weight is 555 g/mol. The molecule has 2 rings (SSSR count). The van der Waals surface area contributed by atoms with Crippen LogP contribution in [-0.2, 0) is 25.7 Å². The van der Waals surface area contributed by atoms with Crippen molar-refractivity contribution in [1.82, 2.24) is 0 Å². The standard InChI is InChI=1S/2C14H22O.C8H17.Al.2H/c2*1-3-5-8-12-10-7-11-13(14(12)15)9-6-4-2;1-3-5-7-8-6-4-2;;;/h2*7,10-11,15H,3-6,8-9H2,1-2H3;1,3-8H2,2H3;;;. The molecule has 0 aliphatic carbocycles. The average Bonchev–Trinajstić information content (AvgIpc) is 2.95. The molecule has 0 saturated carbocycles. The molecule has 0 aliphatic rings. The Bertz CT molecular complexity index is 698. The maximum atomic E-state index is 10.0. The van der Waals surface area contributed by atoms with Gasteiger partial charge in [-0.15, -0.1) is 5.28 Å². The van der Waals surface area contributed by atoms with E-state index in [0.29, 0.717) is 11.5 Å². The molecule has 222 valence electrons. The molecule has 0 heterocycles. The Balaban J connectivity index is 0.000000576. The highest BCUT2D eigenvalue weighted by Gasteiger charge is 2.06. The van der Waals surface area contributed by atoms with Gasteiger partial charge >= 0.3 is 0 Å². The first kappa shape index (κ1) is 37.6. The minimum atomic E-state index is 0.541. The van der Waals surface area contributed by atoms with Crippen LogP contribution in [0.3, 0.4) is 0 Å². The first-order chi connectivity index (χ1) is 19.0. The summed E-state index contributed by atoms with van der Waals surface area (Å²) >= 11 is 1.41. The van der Waals surface area contributed by atoms with Crippen LogP contribution < -0.4 is 0 Å². The van der Waals surface area contributed by atoms with Crippen LogP contribution in [0.15, 0.2) is 36.4 Å². The molecule has 0 bridgehead atoms. The molecule has 2 N–H and O–H groups in total. The van der Waals surface area contributed by atoms with E-state index in [1.165, 1.54) is 85.8 Å². The van der Waals surface area contributed by atoms with E-state index < -0.39 is 0 Å². The van der Waals surface area contributed by atoms with Gasteiger partial charge in [-0.1, -0.05) is 135 Å². The number of phenols is 2. The molecular formula is C36H63AlO2. The lowest BCUT2D eigenvalue weighted by Gasteiger charge is -2.08. The number of benzene rings is 2. The molecule has 2 aromatic carbocycles. The summed E-state index contributed by atoms with van der Waals surface area (Å²) < 4.78 is 0. The van der Waals surface area contributed by atoms with Gasteiger partial charge in [0.2, 0.25) is 16.3 Å². The van der Waals surface area contributed by atoms with Crippen LogP contribution in [0, 0.1) is 0 Å². The third kappa shape index (κ3) is 18.5. The van der Waals surface area contributed by atoms with Gasteiger partial charge in [-0.25, -0.2) is 0 Å². The Morgan fingerprint density at radius 3 is 1.00 bits per heavy atom. The number of rotatable bonds is 18. The van der Waals surface area contributed by atoms with Gasteiger partial charge in [0.15, 0.2) is 0 Å². The summed E-state index contributed by atoms with van der Waals surface area (Å²) in [5.41, 5.74) is 4.46. The Hall–Kier alpha value is -1.43. The highest BCUT2D eigenvalue weighted by molar-refractivity contribution is 6.08. The van der Waals surface area contributed by atoms with Gasteiger partial charge in [-0.2, -0.15) is 0 Å². The summed E-state index contributed by atoms with van der Waals surface area (Å²) in [4.78, 5) is 0. The van der Waals surface area contributed by atoms with E-state index in [0.717, 1.165) is 73.6 Å². The first-order valence-electron chi connectivity index (χ1n) is 16.6. The Morgan fingerprint density at radius 2 is 0.718 bits per heavy atom. The number of phenolic OH excluding ortho intramolecular Hbond substituents is 2. The van der Waals surface area contributed by atoms with Crippen molar-refractivity contribution in [3.63, 3.8) is 0 Å². The summed E-state index contributed by atoms with van der Waals surface area (Å²) in [5, 5.41) is 21.6. The van der Waals surface area contributed by atoms with Gasteiger partial charge in [0, 0.05) is 0 Å². The van der Waals surface area contributed by atoms with Crippen LogP contribution in [0.5, 0.6) is 11.5 Å². The van der Waals surface area contributed by atoms with Crippen molar-refractivity contribution in [3.05, 3.63) is 58.7 Å². The zero-order valence-electron chi connectivity index (χ0n) is 26.8. The molecule has 0 spiro atoms. The van der Waals surface area contributed by atoms with Crippen molar-refractivity contribution in [2.75, 3.05) is 0 Å². The van der Waals surface area contributed by atoms with E-state index in [1.807, 2.05) is 24.3 Å². The van der Waals surface area contributed by atoms with Gasteiger partial charge < -0.3 is 10.2 Å². The number of para-hydroxylation sites is 2. The van der Waals surface area contributed by atoms with Crippen molar-refractivity contribution in [2.24, 2.45) is 0 Å². The van der Waals surface area contributed by atoms with E-state index >= 15 is 0 Å². The summed E-state index contributed by atoms with van der Waals surface area (Å²) in [6.07, 6.45) is 22.1. The first-order valence-corrected chi connectivity index (χ1v) is 18.0. The Morgan fingerprint density at radius 1 is 0.436 bits per heavy atom. The van der Waals surface area contributed by atoms with Crippen LogP contribution in [0.4, 0.5) is 0 Å². The molecule has 0 saturated heterocycles. The maximum Gasteiger partial charge on any atom is 0.211 e. The highest BCUT2D eigenvalue weighted by Crippen LogP contribution is 2.26. The van der Waals surface area contributed by atoms with Gasteiger partial charge in [-0.05, 0) is 73.6 Å². The van der Waals surface area contributed by atoms with Crippen molar-refractivity contribution in [3.8, 4) is 11.5 Å². The van der Waals surface area contributed by atoms with Crippen LogP contribution in [0.1, 0.15) is 147 Å². The quantitative estimate of drug-likeness (QED) is 0.142. The lowest BCUT2D eigenvalue weighted by atomic mass is 10.0. The second-order valence-electron chi connectivity index (χ2n) is 11.0. The maximum absolute atomic E-state index is 10.0. The second kappa shape index (κ2) is 26.8. The van der Waals surface area contributed by atoms with Crippen LogP contribution in [0.25, 0.3) is 0 Å². The fourth-order valence-electron chi connectivity index (χ4n) is 4.60. The zero-order chi connectivity index (χ0) is 29.1. The second-order valence-corrected chi connectivity index (χ2v) is 12.0. The SMILES string of the molecule is CCCCCCC[CH2][AlH2].CCCCc1cccc(CCCC)c1O.CCCCc1cccc(CCCC)c1O. The lowest BCUT2D eigenvalue weighted by Crippen LogP contribution is -1.91. The molecule has 0 aromatic heterocycles. The third-order valence-corrected chi connectivity index (χ3v) is 8.02. The summed E-state index contributed by atoms with van der Waals surface area (Å²) in [6.45, 7) is 11.0. The molecule has 3 heteroatoms. The van der Waals surface area contributed by atoms with Crippen molar-refractivity contribution >= 4 is 16.3 Å². The van der Waals surface area contributed by atoms with Crippen LogP contribution in [-0.4, -0.2) is 26.5 Å². The molecule has 0 fully saturated rings. The smallest absolute Gasteiger partial charge is 0.211 e. The van der Waals surface area contributed by atoms with Gasteiger partial charge in [-0.3, -0.25) is 0 Å². The topological polar surface area (TPSA) is 40.5 Å². The number of hydrogen-bond acceptors (Lipinski definition) is 2. The number of aromatic hydroxyl groups is 2. The minimum Gasteiger partial charge on any atom is -0.507 e. The molecule has 0 amide bonds. The van der Waals surface area contributed by atoms with E-state index in [-0.39, 0.29) is 0 Å². The molecule has 0 unspecified atom stereocenters.